The van der Waals surface area contributed by atoms with Crippen molar-refractivity contribution < 1.29 is 9.90 Å². The second kappa shape index (κ2) is 5.58. The SMILES string of the molecule is Cc1cc(CNc2nnc(C)c(C)c2C(=O)O)sc1C. The number of carboxylic acids is 1. The summed E-state index contributed by atoms with van der Waals surface area (Å²) in [5.41, 5.74) is 2.73. The van der Waals surface area contributed by atoms with E-state index in [0.29, 0.717) is 23.6 Å². The van der Waals surface area contributed by atoms with E-state index in [-0.39, 0.29) is 5.56 Å². The Hall–Kier alpha value is -1.95. The fraction of sp³-hybridized carbons (Fsp3) is 0.357. The second-order valence-corrected chi connectivity index (χ2v) is 6.09. The molecule has 106 valence electrons. The van der Waals surface area contributed by atoms with Crippen LogP contribution >= 0.6 is 11.3 Å². The molecule has 2 heterocycles. The molecular weight excluding hydrogens is 274 g/mol. The van der Waals surface area contributed by atoms with Crippen molar-refractivity contribution in [2.75, 3.05) is 5.32 Å². The lowest BCUT2D eigenvalue weighted by atomic mass is 10.1. The highest BCUT2D eigenvalue weighted by Crippen LogP contribution is 2.23. The minimum absolute atomic E-state index is 0.197. The van der Waals surface area contributed by atoms with Crippen LogP contribution in [-0.2, 0) is 6.54 Å². The third-order valence-corrected chi connectivity index (χ3v) is 4.47. The van der Waals surface area contributed by atoms with E-state index < -0.39 is 5.97 Å². The number of aromatic nitrogens is 2. The standard InChI is InChI=1S/C14H17N3O2S/c1-7-5-11(20-10(7)4)6-15-13-12(14(18)19)8(2)9(3)16-17-13/h5H,6H2,1-4H3,(H,15,17)(H,18,19). The molecule has 2 N–H and O–H groups in total. The van der Waals surface area contributed by atoms with Crippen molar-refractivity contribution >= 4 is 23.1 Å². The molecule has 0 unspecified atom stereocenters. The van der Waals surface area contributed by atoms with Crippen LogP contribution in [0.5, 0.6) is 0 Å². The Kier molecular flexibility index (Phi) is 4.04. The van der Waals surface area contributed by atoms with Crippen molar-refractivity contribution in [1.82, 2.24) is 10.2 Å². The summed E-state index contributed by atoms with van der Waals surface area (Å²) in [6, 6.07) is 2.10. The molecule has 0 aliphatic carbocycles. The zero-order chi connectivity index (χ0) is 14.9. The Balaban J connectivity index is 2.25. The molecule has 0 saturated carbocycles. The summed E-state index contributed by atoms with van der Waals surface area (Å²) in [6.07, 6.45) is 0. The quantitative estimate of drug-likeness (QED) is 0.905. The lowest BCUT2D eigenvalue weighted by Crippen LogP contribution is -2.12. The molecule has 0 saturated heterocycles. The van der Waals surface area contributed by atoms with E-state index in [9.17, 15) is 9.90 Å². The van der Waals surface area contributed by atoms with E-state index >= 15 is 0 Å². The van der Waals surface area contributed by atoms with Gasteiger partial charge >= 0.3 is 5.97 Å². The lowest BCUT2D eigenvalue weighted by molar-refractivity contribution is 0.0696. The first-order valence-corrected chi connectivity index (χ1v) is 7.08. The molecule has 0 atom stereocenters. The van der Waals surface area contributed by atoms with Gasteiger partial charge in [-0.3, -0.25) is 0 Å². The maximum absolute atomic E-state index is 11.4. The lowest BCUT2D eigenvalue weighted by Gasteiger charge is -2.10. The third-order valence-electron chi connectivity index (χ3n) is 3.32. The molecule has 5 nitrogen and oxygen atoms in total. The number of thiophene rings is 1. The molecule has 0 bridgehead atoms. The summed E-state index contributed by atoms with van der Waals surface area (Å²) in [6.45, 7) is 8.19. The highest BCUT2D eigenvalue weighted by atomic mass is 32.1. The topological polar surface area (TPSA) is 75.1 Å². The molecule has 0 radical (unpaired) electrons. The van der Waals surface area contributed by atoms with Gasteiger partial charge in [-0.25, -0.2) is 4.79 Å². The predicted molar refractivity (Wildman–Crippen MR) is 79.6 cm³/mol. The zero-order valence-corrected chi connectivity index (χ0v) is 12.8. The summed E-state index contributed by atoms with van der Waals surface area (Å²) in [4.78, 5) is 13.8. The number of nitrogens with one attached hydrogen (secondary N) is 1. The molecular formula is C14H17N3O2S. The van der Waals surface area contributed by atoms with Gasteiger partial charge in [-0.15, -0.1) is 16.4 Å². The van der Waals surface area contributed by atoms with E-state index in [1.54, 1.807) is 25.2 Å². The fourth-order valence-electron chi connectivity index (χ4n) is 1.90. The normalized spacial score (nSPS) is 10.6. The van der Waals surface area contributed by atoms with Crippen LogP contribution in [0, 0.1) is 27.7 Å². The van der Waals surface area contributed by atoms with Crippen LogP contribution in [0.2, 0.25) is 0 Å². The molecule has 0 amide bonds. The monoisotopic (exact) mass is 291 g/mol. The van der Waals surface area contributed by atoms with Gasteiger partial charge in [-0.2, -0.15) is 5.10 Å². The summed E-state index contributed by atoms with van der Waals surface area (Å²) < 4.78 is 0. The summed E-state index contributed by atoms with van der Waals surface area (Å²) in [7, 11) is 0. The minimum Gasteiger partial charge on any atom is -0.478 e. The highest BCUT2D eigenvalue weighted by molar-refractivity contribution is 7.12. The van der Waals surface area contributed by atoms with Crippen LogP contribution in [0.3, 0.4) is 0 Å². The van der Waals surface area contributed by atoms with E-state index in [2.05, 4.69) is 35.4 Å². The maximum atomic E-state index is 11.4. The van der Waals surface area contributed by atoms with Gasteiger partial charge in [0.25, 0.3) is 0 Å². The second-order valence-electron chi connectivity index (χ2n) is 4.74. The molecule has 0 aliphatic heterocycles. The van der Waals surface area contributed by atoms with E-state index in [4.69, 9.17) is 0 Å². The van der Waals surface area contributed by atoms with Gasteiger partial charge in [-0.1, -0.05) is 0 Å². The van der Waals surface area contributed by atoms with Crippen LogP contribution in [-0.4, -0.2) is 21.3 Å². The Bertz CT molecular complexity index is 645. The number of aromatic carboxylic acids is 1. The van der Waals surface area contributed by atoms with Crippen molar-refractivity contribution in [2.24, 2.45) is 0 Å². The molecule has 0 aliphatic rings. The summed E-state index contributed by atoms with van der Waals surface area (Å²) in [5.74, 6) is -0.661. The number of hydrogen-bond donors (Lipinski definition) is 2. The van der Waals surface area contributed by atoms with Crippen LogP contribution in [0.4, 0.5) is 5.82 Å². The number of carbonyl (C=O) groups is 1. The number of aryl methyl sites for hydroxylation is 3. The predicted octanol–water partition coefficient (Wildman–Crippen LogP) is 3.08. The minimum atomic E-state index is -0.985. The molecule has 0 spiro atoms. The van der Waals surface area contributed by atoms with Crippen molar-refractivity contribution in [2.45, 2.75) is 34.2 Å². The van der Waals surface area contributed by atoms with Crippen LogP contribution < -0.4 is 5.32 Å². The Morgan fingerprint density at radius 1 is 1.30 bits per heavy atom. The van der Waals surface area contributed by atoms with Gasteiger partial charge in [-0.05, 0) is 44.9 Å². The van der Waals surface area contributed by atoms with Crippen LogP contribution in [0.15, 0.2) is 6.07 Å². The average Bonchev–Trinajstić information content (AvgIpc) is 2.69. The molecule has 2 aromatic heterocycles. The highest BCUT2D eigenvalue weighted by Gasteiger charge is 2.17. The van der Waals surface area contributed by atoms with Crippen molar-refractivity contribution in [3.05, 3.63) is 38.2 Å². The van der Waals surface area contributed by atoms with E-state index in [1.165, 1.54) is 10.4 Å². The Morgan fingerprint density at radius 3 is 2.55 bits per heavy atom. The summed E-state index contributed by atoms with van der Waals surface area (Å²) in [5, 5.41) is 20.3. The van der Waals surface area contributed by atoms with Gasteiger partial charge in [0.05, 0.1) is 12.2 Å². The van der Waals surface area contributed by atoms with Gasteiger partial charge in [0, 0.05) is 9.75 Å². The van der Waals surface area contributed by atoms with Crippen molar-refractivity contribution in [1.29, 1.82) is 0 Å². The zero-order valence-electron chi connectivity index (χ0n) is 11.9. The first-order valence-electron chi connectivity index (χ1n) is 6.27. The Morgan fingerprint density at radius 2 is 2.00 bits per heavy atom. The number of carboxylic acid groups (broad SMARTS) is 1. The average molecular weight is 291 g/mol. The van der Waals surface area contributed by atoms with Gasteiger partial charge < -0.3 is 10.4 Å². The van der Waals surface area contributed by atoms with E-state index in [1.807, 2.05) is 0 Å². The van der Waals surface area contributed by atoms with Crippen LogP contribution in [0.25, 0.3) is 0 Å². The smallest absolute Gasteiger partial charge is 0.339 e. The largest absolute Gasteiger partial charge is 0.478 e. The van der Waals surface area contributed by atoms with Crippen molar-refractivity contribution in [3.8, 4) is 0 Å². The first kappa shape index (κ1) is 14.5. The number of rotatable bonds is 4. The van der Waals surface area contributed by atoms with Gasteiger partial charge in [0.15, 0.2) is 5.82 Å². The van der Waals surface area contributed by atoms with E-state index in [0.717, 1.165) is 4.88 Å². The van der Waals surface area contributed by atoms with Gasteiger partial charge in [0.1, 0.15) is 5.56 Å². The number of hydrogen-bond acceptors (Lipinski definition) is 5. The molecule has 6 heteroatoms. The summed E-state index contributed by atoms with van der Waals surface area (Å²) >= 11 is 1.70. The fourth-order valence-corrected chi connectivity index (χ4v) is 2.89. The third kappa shape index (κ3) is 2.80. The first-order chi connectivity index (χ1) is 9.40. The van der Waals surface area contributed by atoms with Gasteiger partial charge in [0.2, 0.25) is 0 Å². The molecule has 2 rings (SSSR count). The molecule has 2 aromatic rings. The maximum Gasteiger partial charge on any atom is 0.339 e. The van der Waals surface area contributed by atoms with Crippen LogP contribution in [0.1, 0.15) is 36.9 Å². The van der Waals surface area contributed by atoms with Crippen molar-refractivity contribution in [3.63, 3.8) is 0 Å². The molecule has 20 heavy (non-hydrogen) atoms. The number of anilines is 1. The molecule has 0 fully saturated rings. The Labute approximate surface area is 121 Å². The molecule has 0 aromatic carbocycles. The number of nitrogens with zero attached hydrogens (tertiary/aromatic N) is 2.